The maximum atomic E-state index is 12.2. The van der Waals surface area contributed by atoms with Crippen LogP contribution in [0.5, 0.6) is 11.5 Å². The lowest BCUT2D eigenvalue weighted by molar-refractivity contribution is -0.129. The molecule has 0 atom stereocenters. The van der Waals surface area contributed by atoms with Crippen LogP contribution in [-0.4, -0.2) is 28.4 Å². The van der Waals surface area contributed by atoms with Gasteiger partial charge in [-0.1, -0.05) is 18.2 Å². The van der Waals surface area contributed by atoms with Gasteiger partial charge in [0.2, 0.25) is 12.7 Å². The maximum Gasteiger partial charge on any atom is 0.363 e. The fourth-order valence-electron chi connectivity index (χ4n) is 2.85. The number of aliphatic imine (C=N–C) groups is 1. The number of aromatic nitrogens is 2. The molecule has 0 bridgehead atoms. The molecule has 0 saturated carbocycles. The van der Waals surface area contributed by atoms with Gasteiger partial charge in [0.1, 0.15) is 0 Å². The molecular weight excluding hydrogens is 346 g/mol. The van der Waals surface area contributed by atoms with Crippen LogP contribution in [-0.2, 0) is 9.53 Å². The summed E-state index contributed by atoms with van der Waals surface area (Å²) in [5.74, 6) is 0.996. The molecule has 7 nitrogen and oxygen atoms in total. The predicted octanol–water partition coefficient (Wildman–Crippen LogP) is 2.95. The number of esters is 1. The Morgan fingerprint density at radius 2 is 1.89 bits per heavy atom. The van der Waals surface area contributed by atoms with Crippen molar-refractivity contribution in [3.05, 3.63) is 77.7 Å². The third kappa shape index (κ3) is 2.85. The van der Waals surface area contributed by atoms with Crippen LogP contribution in [0, 0.1) is 0 Å². The van der Waals surface area contributed by atoms with Gasteiger partial charge in [-0.2, -0.15) is 5.10 Å². The van der Waals surface area contributed by atoms with E-state index in [1.165, 1.54) is 0 Å². The summed E-state index contributed by atoms with van der Waals surface area (Å²) in [5, 5.41) is 4.31. The van der Waals surface area contributed by atoms with E-state index in [4.69, 9.17) is 14.2 Å². The monoisotopic (exact) mass is 359 g/mol. The normalized spacial score (nSPS) is 16.5. The standard InChI is InChI=1S/C20H13N3O4/c24-20-16(8-13-10-21-23(11-13)15-4-2-1-3-5-15)22-19(27-20)14-6-7-17-18(9-14)26-12-25-17/h1-11H,12H2/b16-8+. The second-order valence-electron chi connectivity index (χ2n) is 5.96. The molecule has 0 unspecified atom stereocenters. The Morgan fingerprint density at radius 3 is 2.78 bits per heavy atom. The van der Waals surface area contributed by atoms with E-state index in [9.17, 15) is 4.79 Å². The SMILES string of the molecule is O=C1OC(c2ccc3c(c2)OCO3)=N/C1=C/c1cnn(-c2ccccc2)c1. The number of para-hydroxylation sites is 1. The van der Waals surface area contributed by atoms with E-state index in [1.54, 1.807) is 35.2 Å². The minimum Gasteiger partial charge on any atom is -0.454 e. The Labute approximate surface area is 154 Å². The number of hydrogen-bond donors (Lipinski definition) is 0. The van der Waals surface area contributed by atoms with Crippen molar-refractivity contribution in [3.63, 3.8) is 0 Å². The lowest BCUT2D eigenvalue weighted by Crippen LogP contribution is -2.05. The summed E-state index contributed by atoms with van der Waals surface area (Å²) in [5.41, 5.74) is 2.55. The van der Waals surface area contributed by atoms with Crippen LogP contribution in [0.3, 0.4) is 0 Å². The first kappa shape index (κ1) is 15.4. The Kier molecular flexibility index (Phi) is 3.50. The molecule has 0 spiro atoms. The third-order valence-corrected chi connectivity index (χ3v) is 4.17. The Morgan fingerprint density at radius 1 is 1.04 bits per heavy atom. The molecule has 0 N–H and O–H groups in total. The van der Waals surface area contributed by atoms with E-state index < -0.39 is 5.97 Å². The molecule has 0 radical (unpaired) electrons. The van der Waals surface area contributed by atoms with Gasteiger partial charge in [0.25, 0.3) is 0 Å². The number of carbonyl (C=O) groups excluding carboxylic acids is 1. The first-order valence-corrected chi connectivity index (χ1v) is 8.29. The predicted molar refractivity (Wildman–Crippen MR) is 96.7 cm³/mol. The Hall–Kier alpha value is -3.87. The second-order valence-corrected chi connectivity index (χ2v) is 5.96. The molecule has 0 amide bonds. The summed E-state index contributed by atoms with van der Waals surface area (Å²) in [7, 11) is 0. The highest BCUT2D eigenvalue weighted by Crippen LogP contribution is 2.33. The molecule has 1 aromatic heterocycles. The highest BCUT2D eigenvalue weighted by atomic mass is 16.7. The summed E-state index contributed by atoms with van der Waals surface area (Å²) in [4.78, 5) is 16.5. The minimum absolute atomic E-state index is 0.182. The summed E-state index contributed by atoms with van der Waals surface area (Å²) in [6, 6.07) is 15.0. The largest absolute Gasteiger partial charge is 0.454 e. The van der Waals surface area contributed by atoms with Crippen LogP contribution in [0.25, 0.3) is 11.8 Å². The molecule has 0 fully saturated rings. The van der Waals surface area contributed by atoms with Crippen LogP contribution in [0.1, 0.15) is 11.1 Å². The van der Waals surface area contributed by atoms with Crippen molar-refractivity contribution in [2.75, 3.05) is 6.79 Å². The molecule has 2 aliphatic rings. The smallest absolute Gasteiger partial charge is 0.363 e. The summed E-state index contributed by atoms with van der Waals surface area (Å²) >= 11 is 0. The van der Waals surface area contributed by atoms with Crippen LogP contribution < -0.4 is 9.47 Å². The fraction of sp³-hybridized carbons (Fsp3) is 0.0500. The summed E-state index contributed by atoms with van der Waals surface area (Å²) < 4.78 is 17.7. The van der Waals surface area contributed by atoms with Gasteiger partial charge in [0.15, 0.2) is 17.2 Å². The van der Waals surface area contributed by atoms with Crippen molar-refractivity contribution in [3.8, 4) is 17.2 Å². The van der Waals surface area contributed by atoms with Gasteiger partial charge >= 0.3 is 5.97 Å². The van der Waals surface area contributed by atoms with Crippen molar-refractivity contribution in [2.45, 2.75) is 0 Å². The number of cyclic esters (lactones) is 1. The maximum absolute atomic E-state index is 12.2. The van der Waals surface area contributed by atoms with Crippen molar-refractivity contribution in [1.82, 2.24) is 9.78 Å². The van der Waals surface area contributed by atoms with E-state index in [0.29, 0.717) is 17.1 Å². The zero-order valence-corrected chi connectivity index (χ0v) is 14.0. The topological polar surface area (TPSA) is 74.9 Å². The lowest BCUT2D eigenvalue weighted by Gasteiger charge is -2.01. The molecule has 0 saturated heterocycles. The minimum atomic E-state index is -0.505. The van der Waals surface area contributed by atoms with Gasteiger partial charge in [-0.25, -0.2) is 14.5 Å². The summed E-state index contributed by atoms with van der Waals surface area (Å²) in [6.45, 7) is 0.182. The van der Waals surface area contributed by atoms with E-state index >= 15 is 0 Å². The van der Waals surface area contributed by atoms with Gasteiger partial charge in [-0.3, -0.25) is 0 Å². The number of hydrogen-bond acceptors (Lipinski definition) is 6. The highest BCUT2D eigenvalue weighted by molar-refractivity contribution is 6.13. The molecule has 3 heterocycles. The fourth-order valence-corrected chi connectivity index (χ4v) is 2.85. The zero-order chi connectivity index (χ0) is 18.2. The average molecular weight is 359 g/mol. The van der Waals surface area contributed by atoms with Gasteiger partial charge in [0, 0.05) is 17.3 Å². The molecule has 2 aromatic carbocycles. The zero-order valence-electron chi connectivity index (χ0n) is 14.0. The first-order chi connectivity index (χ1) is 13.3. The van der Waals surface area contributed by atoms with Crippen molar-refractivity contribution in [2.24, 2.45) is 4.99 Å². The molecule has 7 heteroatoms. The lowest BCUT2D eigenvalue weighted by atomic mass is 10.2. The van der Waals surface area contributed by atoms with E-state index in [2.05, 4.69) is 10.1 Å². The number of benzene rings is 2. The number of rotatable bonds is 3. The third-order valence-electron chi connectivity index (χ3n) is 4.17. The average Bonchev–Trinajstić information content (AvgIpc) is 3.43. The van der Waals surface area contributed by atoms with Gasteiger partial charge in [0.05, 0.1) is 11.9 Å². The van der Waals surface area contributed by atoms with E-state index in [-0.39, 0.29) is 18.4 Å². The highest BCUT2D eigenvalue weighted by Gasteiger charge is 2.26. The number of ether oxygens (including phenoxy) is 3. The number of carbonyl (C=O) groups is 1. The van der Waals surface area contributed by atoms with Crippen molar-refractivity contribution in [1.29, 1.82) is 0 Å². The van der Waals surface area contributed by atoms with Crippen LogP contribution in [0.15, 0.2) is 71.6 Å². The van der Waals surface area contributed by atoms with Gasteiger partial charge in [-0.15, -0.1) is 0 Å². The van der Waals surface area contributed by atoms with Crippen LogP contribution in [0.2, 0.25) is 0 Å². The first-order valence-electron chi connectivity index (χ1n) is 8.29. The van der Waals surface area contributed by atoms with Crippen molar-refractivity contribution >= 4 is 17.9 Å². The number of nitrogens with zero attached hydrogens (tertiary/aromatic N) is 3. The Balaban J connectivity index is 1.43. The Bertz CT molecular complexity index is 1100. The quantitative estimate of drug-likeness (QED) is 0.531. The molecule has 2 aliphatic heterocycles. The van der Waals surface area contributed by atoms with Crippen LogP contribution >= 0.6 is 0 Å². The van der Waals surface area contributed by atoms with E-state index in [0.717, 1.165) is 11.3 Å². The molecule has 27 heavy (non-hydrogen) atoms. The van der Waals surface area contributed by atoms with Gasteiger partial charge in [-0.05, 0) is 36.4 Å². The van der Waals surface area contributed by atoms with Crippen molar-refractivity contribution < 1.29 is 19.0 Å². The van der Waals surface area contributed by atoms with Crippen LogP contribution in [0.4, 0.5) is 0 Å². The van der Waals surface area contributed by atoms with E-state index in [1.807, 2.05) is 36.5 Å². The molecule has 132 valence electrons. The molecule has 3 aromatic rings. The number of fused-ring (bicyclic) bond motifs is 1. The molecule has 5 rings (SSSR count). The summed E-state index contributed by atoms with van der Waals surface area (Å²) in [6.07, 6.45) is 5.14. The van der Waals surface area contributed by atoms with Gasteiger partial charge < -0.3 is 14.2 Å². The molecular formula is C20H13N3O4. The molecule has 0 aliphatic carbocycles. The second kappa shape index (κ2) is 6.14.